The van der Waals surface area contributed by atoms with Crippen molar-refractivity contribution in [2.24, 2.45) is 10.2 Å². The zero-order chi connectivity index (χ0) is 14.8. The summed E-state index contributed by atoms with van der Waals surface area (Å²) in [7, 11) is 0. The number of benzene rings is 2. The Morgan fingerprint density at radius 1 is 1.19 bits per heavy atom. The van der Waals surface area contributed by atoms with Crippen LogP contribution in [-0.2, 0) is 4.79 Å². The summed E-state index contributed by atoms with van der Waals surface area (Å²) < 4.78 is 0.975. The molecule has 6 heteroatoms. The molecule has 2 N–H and O–H groups in total. The molecule has 5 nitrogen and oxygen atoms in total. The number of phenolic OH excluding ortho intramolecular Hbond substituents is 1. The van der Waals surface area contributed by atoms with E-state index < -0.39 is 0 Å². The number of halogens is 1. The van der Waals surface area contributed by atoms with Gasteiger partial charge in [0.25, 0.3) is 5.91 Å². The summed E-state index contributed by atoms with van der Waals surface area (Å²) in [6.07, 6.45) is 1.43. The highest BCUT2D eigenvalue weighted by atomic mass is 127. The molecule has 1 amide bonds. The lowest BCUT2D eigenvalue weighted by molar-refractivity contribution is -0.110. The molecule has 2 aromatic carbocycles. The van der Waals surface area contributed by atoms with E-state index in [2.05, 4.69) is 38.1 Å². The molecule has 0 radical (unpaired) electrons. The lowest BCUT2D eigenvalue weighted by atomic mass is 10.1. The Hall–Kier alpha value is -2.22. The second kappa shape index (κ2) is 5.65. The minimum Gasteiger partial charge on any atom is -0.507 e. The van der Waals surface area contributed by atoms with E-state index in [4.69, 9.17) is 0 Å². The van der Waals surface area contributed by atoms with Crippen LogP contribution in [0.5, 0.6) is 5.75 Å². The van der Waals surface area contributed by atoms with Gasteiger partial charge >= 0.3 is 0 Å². The van der Waals surface area contributed by atoms with Crippen molar-refractivity contribution in [3.63, 3.8) is 0 Å². The van der Waals surface area contributed by atoms with Gasteiger partial charge in [-0.1, -0.05) is 18.2 Å². The molecule has 104 valence electrons. The number of nitrogens with one attached hydrogen (secondary N) is 1. The van der Waals surface area contributed by atoms with Gasteiger partial charge in [0.05, 0.1) is 11.9 Å². The quantitative estimate of drug-likeness (QED) is 0.470. The average molecular weight is 391 g/mol. The molecule has 0 fully saturated rings. The number of carbonyl (C=O) groups is 1. The summed E-state index contributed by atoms with van der Waals surface area (Å²) in [5.74, 6) is -0.157. The van der Waals surface area contributed by atoms with Crippen LogP contribution in [0.25, 0.3) is 0 Å². The molecular weight excluding hydrogens is 381 g/mol. The van der Waals surface area contributed by atoms with Gasteiger partial charge in [0, 0.05) is 14.7 Å². The fourth-order valence-corrected chi connectivity index (χ4v) is 2.49. The molecule has 0 spiro atoms. The first-order valence-corrected chi connectivity index (χ1v) is 7.23. The average Bonchev–Trinajstić information content (AvgIpc) is 2.79. The summed E-state index contributed by atoms with van der Waals surface area (Å²) in [6, 6.07) is 12.5. The highest BCUT2D eigenvalue weighted by Gasteiger charge is 2.25. The number of fused-ring (bicyclic) bond motifs is 1. The van der Waals surface area contributed by atoms with E-state index in [0.717, 1.165) is 14.8 Å². The second-order valence-electron chi connectivity index (χ2n) is 4.40. The number of anilines is 1. The zero-order valence-electron chi connectivity index (χ0n) is 10.7. The van der Waals surface area contributed by atoms with Crippen molar-refractivity contribution >= 4 is 46.1 Å². The first-order chi connectivity index (χ1) is 10.1. The molecule has 0 bridgehead atoms. The molecular formula is C15H10IN3O2. The van der Waals surface area contributed by atoms with Gasteiger partial charge in [-0.2, -0.15) is 5.10 Å². The van der Waals surface area contributed by atoms with Crippen molar-refractivity contribution in [3.8, 4) is 5.75 Å². The first kappa shape index (κ1) is 13.7. The van der Waals surface area contributed by atoms with Gasteiger partial charge in [0.15, 0.2) is 5.71 Å². The maximum absolute atomic E-state index is 11.8. The summed E-state index contributed by atoms with van der Waals surface area (Å²) in [5.41, 5.74) is 2.28. The minimum absolute atomic E-state index is 0.121. The van der Waals surface area contributed by atoms with E-state index in [0.29, 0.717) is 5.56 Å². The molecule has 0 unspecified atom stereocenters. The predicted octanol–water partition coefficient (Wildman–Crippen LogP) is 2.77. The smallest absolute Gasteiger partial charge is 0.276 e. The van der Waals surface area contributed by atoms with Crippen LogP contribution in [0.2, 0.25) is 0 Å². The number of hydrogen-bond acceptors (Lipinski definition) is 4. The Labute approximate surface area is 134 Å². The Morgan fingerprint density at radius 2 is 2.00 bits per heavy atom. The summed E-state index contributed by atoms with van der Waals surface area (Å²) in [5, 5.41) is 20.3. The second-order valence-corrected chi connectivity index (χ2v) is 5.64. The maximum atomic E-state index is 11.8. The van der Waals surface area contributed by atoms with Crippen LogP contribution in [0, 0.1) is 3.57 Å². The maximum Gasteiger partial charge on any atom is 0.276 e. The molecule has 2 aromatic rings. The molecule has 0 saturated heterocycles. The predicted molar refractivity (Wildman–Crippen MR) is 90.0 cm³/mol. The Balaban J connectivity index is 1.91. The number of para-hydroxylation sites is 1. The topological polar surface area (TPSA) is 74.0 Å². The number of hydrogen-bond donors (Lipinski definition) is 2. The first-order valence-electron chi connectivity index (χ1n) is 6.15. The van der Waals surface area contributed by atoms with E-state index in [9.17, 15) is 9.90 Å². The largest absolute Gasteiger partial charge is 0.507 e. The number of aromatic hydroxyl groups is 1. The number of amides is 1. The number of nitrogens with zero attached hydrogens (tertiary/aromatic N) is 2. The third-order valence-corrected chi connectivity index (χ3v) is 3.66. The Morgan fingerprint density at radius 3 is 2.86 bits per heavy atom. The Kier molecular flexibility index (Phi) is 3.70. The van der Waals surface area contributed by atoms with Crippen molar-refractivity contribution in [1.29, 1.82) is 0 Å². The lowest BCUT2D eigenvalue weighted by Gasteiger charge is -1.98. The van der Waals surface area contributed by atoms with Crippen LogP contribution in [-0.4, -0.2) is 22.9 Å². The standard InChI is InChI=1S/C15H10IN3O2/c16-10-5-6-13(20)9(7-10)8-17-19-14-11-3-1-2-4-12(11)18-15(14)21/h1-8,20H,(H,18,19,21)/b17-8+. The van der Waals surface area contributed by atoms with E-state index in [1.54, 1.807) is 18.2 Å². The van der Waals surface area contributed by atoms with Gasteiger partial charge in [-0.3, -0.25) is 4.79 Å². The monoisotopic (exact) mass is 391 g/mol. The molecule has 21 heavy (non-hydrogen) atoms. The summed E-state index contributed by atoms with van der Waals surface area (Å²) in [4.78, 5) is 11.8. The SMILES string of the molecule is O=C1Nc2ccccc2/C1=N/N=C/c1cc(I)ccc1O. The van der Waals surface area contributed by atoms with Crippen LogP contribution >= 0.6 is 22.6 Å². The van der Waals surface area contributed by atoms with Crippen molar-refractivity contribution in [2.45, 2.75) is 0 Å². The van der Waals surface area contributed by atoms with E-state index >= 15 is 0 Å². The molecule has 0 atom stereocenters. The van der Waals surface area contributed by atoms with Gasteiger partial charge in [0.2, 0.25) is 0 Å². The number of carbonyl (C=O) groups excluding carboxylic acids is 1. The molecule has 1 aliphatic heterocycles. The highest BCUT2D eigenvalue weighted by Crippen LogP contribution is 2.23. The van der Waals surface area contributed by atoms with Crippen molar-refractivity contribution in [1.82, 2.24) is 0 Å². The molecule has 0 saturated carbocycles. The minimum atomic E-state index is -0.278. The molecule has 3 rings (SSSR count). The van der Waals surface area contributed by atoms with Gasteiger partial charge in [-0.05, 0) is 46.9 Å². The van der Waals surface area contributed by atoms with Crippen molar-refractivity contribution < 1.29 is 9.90 Å². The normalized spacial score (nSPS) is 15.5. The molecule has 0 aliphatic carbocycles. The van der Waals surface area contributed by atoms with Crippen LogP contribution < -0.4 is 5.32 Å². The number of rotatable bonds is 2. The molecule has 0 aromatic heterocycles. The van der Waals surface area contributed by atoms with Gasteiger partial charge in [0.1, 0.15) is 5.75 Å². The fourth-order valence-electron chi connectivity index (χ4n) is 1.98. The van der Waals surface area contributed by atoms with E-state index in [-0.39, 0.29) is 17.4 Å². The van der Waals surface area contributed by atoms with Crippen LogP contribution in [0.3, 0.4) is 0 Å². The van der Waals surface area contributed by atoms with E-state index in [1.165, 1.54) is 6.21 Å². The van der Waals surface area contributed by atoms with Crippen molar-refractivity contribution in [2.75, 3.05) is 5.32 Å². The fraction of sp³-hybridized carbons (Fsp3) is 0. The summed E-state index contributed by atoms with van der Waals surface area (Å²) >= 11 is 2.14. The molecule has 1 aliphatic rings. The van der Waals surface area contributed by atoms with Gasteiger partial charge in [-0.15, -0.1) is 5.10 Å². The highest BCUT2D eigenvalue weighted by molar-refractivity contribution is 14.1. The zero-order valence-corrected chi connectivity index (χ0v) is 12.9. The van der Waals surface area contributed by atoms with E-state index in [1.807, 2.05) is 24.3 Å². The van der Waals surface area contributed by atoms with Crippen LogP contribution in [0.15, 0.2) is 52.7 Å². The Bertz CT molecular complexity index is 784. The van der Waals surface area contributed by atoms with Crippen molar-refractivity contribution in [3.05, 3.63) is 57.2 Å². The summed E-state index contributed by atoms with van der Waals surface area (Å²) in [6.45, 7) is 0. The lowest BCUT2D eigenvalue weighted by Crippen LogP contribution is -2.13. The third kappa shape index (κ3) is 2.80. The number of phenols is 1. The van der Waals surface area contributed by atoms with Gasteiger partial charge < -0.3 is 10.4 Å². The van der Waals surface area contributed by atoms with Gasteiger partial charge in [-0.25, -0.2) is 0 Å². The molecule has 1 heterocycles. The van der Waals surface area contributed by atoms with Crippen LogP contribution in [0.4, 0.5) is 5.69 Å². The third-order valence-electron chi connectivity index (χ3n) is 2.99. The van der Waals surface area contributed by atoms with Crippen LogP contribution in [0.1, 0.15) is 11.1 Å².